The zero-order chi connectivity index (χ0) is 22.7. The normalized spacial score (nSPS) is 14.7. The lowest BCUT2D eigenvalue weighted by molar-refractivity contribution is 0.0693. The van der Waals surface area contributed by atoms with E-state index >= 15 is 0 Å². The number of methoxy groups -OCH3 is 1. The molecule has 1 amide bonds. The van der Waals surface area contributed by atoms with Gasteiger partial charge in [0, 0.05) is 31.6 Å². The fraction of sp³-hybridized carbons (Fsp3) is 0.227. The van der Waals surface area contributed by atoms with Crippen LogP contribution in [0.25, 0.3) is 10.6 Å². The van der Waals surface area contributed by atoms with Crippen LogP contribution in [0.15, 0.2) is 58.8 Å². The third kappa shape index (κ3) is 4.23. The van der Waals surface area contributed by atoms with Gasteiger partial charge in [-0.05, 0) is 36.4 Å². The van der Waals surface area contributed by atoms with Crippen LogP contribution in [0.2, 0.25) is 0 Å². The van der Waals surface area contributed by atoms with Crippen molar-refractivity contribution in [3.63, 3.8) is 0 Å². The Balaban J connectivity index is 1.44. The van der Waals surface area contributed by atoms with Crippen molar-refractivity contribution in [2.75, 3.05) is 33.3 Å². The van der Waals surface area contributed by atoms with Crippen LogP contribution in [0.5, 0.6) is 5.75 Å². The third-order valence-corrected chi connectivity index (χ3v) is 8.00. The van der Waals surface area contributed by atoms with E-state index in [2.05, 4.69) is 4.98 Å². The summed E-state index contributed by atoms with van der Waals surface area (Å²) in [5.74, 6) is 0.459. The predicted molar refractivity (Wildman–Crippen MR) is 120 cm³/mol. The number of para-hydroxylation sites is 1. The van der Waals surface area contributed by atoms with Crippen molar-refractivity contribution < 1.29 is 17.9 Å². The summed E-state index contributed by atoms with van der Waals surface area (Å²) < 4.78 is 32.5. The highest BCUT2D eigenvalue weighted by atomic mass is 32.2. The summed E-state index contributed by atoms with van der Waals surface area (Å²) >= 11 is 1.36. The lowest BCUT2D eigenvalue weighted by Crippen LogP contribution is -2.50. The summed E-state index contributed by atoms with van der Waals surface area (Å²) in [6, 6.07) is 15.3. The monoisotopic (exact) mass is 468 g/mol. The molecule has 0 aliphatic carbocycles. The molecule has 0 radical (unpaired) electrons. The molecule has 0 bridgehead atoms. The summed E-state index contributed by atoms with van der Waals surface area (Å²) in [5.41, 5.74) is 1.55. The summed E-state index contributed by atoms with van der Waals surface area (Å²) in [6.45, 7) is 0.931. The number of rotatable bonds is 5. The van der Waals surface area contributed by atoms with Crippen molar-refractivity contribution in [1.82, 2.24) is 14.2 Å². The molecule has 1 saturated heterocycles. The van der Waals surface area contributed by atoms with Gasteiger partial charge in [-0.25, -0.2) is 13.4 Å². The van der Waals surface area contributed by atoms with Gasteiger partial charge in [-0.1, -0.05) is 12.1 Å². The lowest BCUT2D eigenvalue weighted by Gasteiger charge is -2.33. The van der Waals surface area contributed by atoms with Crippen LogP contribution in [0, 0.1) is 11.3 Å². The molecule has 4 rings (SSSR count). The molecule has 3 aromatic rings. The Labute approximate surface area is 190 Å². The Morgan fingerprint density at radius 1 is 1.09 bits per heavy atom. The van der Waals surface area contributed by atoms with E-state index in [1.54, 1.807) is 17.4 Å². The molecule has 1 aliphatic rings. The van der Waals surface area contributed by atoms with Crippen LogP contribution in [0.3, 0.4) is 0 Å². The zero-order valence-electron chi connectivity index (χ0n) is 17.3. The number of hydrogen-bond acceptors (Lipinski definition) is 7. The minimum absolute atomic E-state index is 0.136. The van der Waals surface area contributed by atoms with Gasteiger partial charge in [-0.2, -0.15) is 9.57 Å². The van der Waals surface area contributed by atoms with Crippen LogP contribution in [-0.4, -0.2) is 61.8 Å². The van der Waals surface area contributed by atoms with Crippen molar-refractivity contribution in [2.24, 2.45) is 0 Å². The molecule has 0 unspecified atom stereocenters. The van der Waals surface area contributed by atoms with Crippen molar-refractivity contribution in [2.45, 2.75) is 4.90 Å². The molecule has 2 aromatic carbocycles. The van der Waals surface area contributed by atoms with E-state index in [9.17, 15) is 13.2 Å². The number of piperazine rings is 1. The number of aromatic nitrogens is 1. The number of nitrogens with zero attached hydrogens (tertiary/aromatic N) is 4. The van der Waals surface area contributed by atoms with Crippen molar-refractivity contribution in [3.05, 3.63) is 65.2 Å². The second kappa shape index (κ2) is 9.08. The number of benzene rings is 2. The smallest absolute Gasteiger partial charge is 0.273 e. The number of amides is 1. The Hall–Kier alpha value is -3.26. The molecule has 0 spiro atoms. The molecule has 1 aliphatic heterocycles. The second-order valence-electron chi connectivity index (χ2n) is 7.07. The first-order valence-corrected chi connectivity index (χ1v) is 12.1. The fourth-order valence-corrected chi connectivity index (χ4v) is 5.71. The molecular formula is C22H20N4O4S2. The maximum absolute atomic E-state index is 12.9. The fourth-order valence-electron chi connectivity index (χ4n) is 3.46. The maximum atomic E-state index is 12.9. The molecule has 10 heteroatoms. The van der Waals surface area contributed by atoms with Gasteiger partial charge in [0.2, 0.25) is 10.0 Å². The lowest BCUT2D eigenvalue weighted by atomic mass is 10.2. The topological polar surface area (TPSA) is 104 Å². The maximum Gasteiger partial charge on any atom is 0.273 e. The van der Waals surface area contributed by atoms with Gasteiger partial charge < -0.3 is 9.64 Å². The number of thiazole rings is 1. The first-order chi connectivity index (χ1) is 15.4. The first-order valence-electron chi connectivity index (χ1n) is 9.82. The van der Waals surface area contributed by atoms with E-state index in [-0.39, 0.29) is 37.0 Å². The highest BCUT2D eigenvalue weighted by Gasteiger charge is 2.31. The van der Waals surface area contributed by atoms with Crippen LogP contribution in [0.1, 0.15) is 16.1 Å². The van der Waals surface area contributed by atoms with E-state index in [1.807, 2.05) is 30.3 Å². The summed E-state index contributed by atoms with van der Waals surface area (Å²) in [6.07, 6.45) is 0. The van der Waals surface area contributed by atoms with Crippen LogP contribution >= 0.6 is 11.3 Å². The Morgan fingerprint density at radius 2 is 1.78 bits per heavy atom. The van der Waals surface area contributed by atoms with Crippen molar-refractivity contribution >= 4 is 27.3 Å². The largest absolute Gasteiger partial charge is 0.496 e. The van der Waals surface area contributed by atoms with Gasteiger partial charge in [0.05, 0.1) is 29.2 Å². The first kappa shape index (κ1) is 22.0. The number of carbonyl (C=O) groups excluding carboxylic acids is 1. The van der Waals surface area contributed by atoms with E-state index in [1.165, 1.54) is 39.9 Å². The van der Waals surface area contributed by atoms with Crippen molar-refractivity contribution in [1.29, 1.82) is 5.26 Å². The molecule has 0 N–H and O–H groups in total. The predicted octanol–water partition coefficient (Wildman–Crippen LogP) is 2.84. The number of nitriles is 1. The van der Waals surface area contributed by atoms with E-state index in [4.69, 9.17) is 10.00 Å². The van der Waals surface area contributed by atoms with Gasteiger partial charge >= 0.3 is 0 Å². The van der Waals surface area contributed by atoms with Gasteiger partial charge in [0.1, 0.15) is 16.5 Å². The minimum Gasteiger partial charge on any atom is -0.496 e. The van der Waals surface area contributed by atoms with E-state index in [0.717, 1.165) is 5.56 Å². The molecule has 8 nitrogen and oxygen atoms in total. The highest BCUT2D eigenvalue weighted by molar-refractivity contribution is 7.89. The Kier molecular flexibility index (Phi) is 6.23. The number of hydrogen-bond donors (Lipinski definition) is 0. The van der Waals surface area contributed by atoms with Gasteiger partial charge in [-0.15, -0.1) is 11.3 Å². The summed E-state index contributed by atoms with van der Waals surface area (Å²) in [7, 11) is -2.09. The van der Waals surface area contributed by atoms with Gasteiger partial charge in [0.15, 0.2) is 0 Å². The summed E-state index contributed by atoms with van der Waals surface area (Å²) in [4.78, 5) is 19.2. The summed E-state index contributed by atoms with van der Waals surface area (Å²) in [5, 5.41) is 11.3. The van der Waals surface area contributed by atoms with Gasteiger partial charge in [-0.3, -0.25) is 4.79 Å². The molecule has 1 fully saturated rings. The molecule has 32 heavy (non-hydrogen) atoms. The standard InChI is InChI=1S/C22H20N4O4S2/c1-30-20-5-3-2-4-18(20)21-24-19(15-31-21)22(27)25-10-12-26(13-11-25)32(28,29)17-8-6-16(14-23)7-9-17/h2-9,15H,10-13H2,1H3. The second-order valence-corrected chi connectivity index (χ2v) is 9.87. The minimum atomic E-state index is -3.68. The molecule has 0 saturated carbocycles. The van der Waals surface area contributed by atoms with Gasteiger partial charge in [0.25, 0.3) is 5.91 Å². The van der Waals surface area contributed by atoms with E-state index < -0.39 is 10.0 Å². The molecule has 1 aromatic heterocycles. The SMILES string of the molecule is COc1ccccc1-c1nc(C(=O)N2CCN(S(=O)(=O)c3ccc(C#N)cc3)CC2)cs1. The molecule has 164 valence electrons. The third-order valence-electron chi connectivity index (χ3n) is 5.21. The number of ether oxygens (including phenoxy) is 1. The molecule has 0 atom stereocenters. The molecule has 2 heterocycles. The quantitative estimate of drug-likeness (QED) is 0.570. The highest BCUT2D eigenvalue weighted by Crippen LogP contribution is 2.32. The van der Waals surface area contributed by atoms with E-state index in [0.29, 0.717) is 22.0 Å². The zero-order valence-corrected chi connectivity index (χ0v) is 18.9. The molecular weight excluding hydrogens is 448 g/mol. The van der Waals surface area contributed by atoms with Crippen LogP contribution < -0.4 is 4.74 Å². The average molecular weight is 469 g/mol. The number of carbonyl (C=O) groups is 1. The Morgan fingerprint density at radius 3 is 2.44 bits per heavy atom. The Bertz CT molecular complexity index is 1270. The van der Waals surface area contributed by atoms with Crippen LogP contribution in [-0.2, 0) is 10.0 Å². The number of sulfonamides is 1. The van der Waals surface area contributed by atoms with Crippen LogP contribution in [0.4, 0.5) is 0 Å². The van der Waals surface area contributed by atoms with Crippen molar-refractivity contribution in [3.8, 4) is 22.4 Å². The average Bonchev–Trinajstić information content (AvgIpc) is 3.34.